The third-order valence-electron chi connectivity index (χ3n) is 4.28. The third-order valence-corrected chi connectivity index (χ3v) is 4.28. The van der Waals surface area contributed by atoms with Gasteiger partial charge in [0.25, 0.3) is 0 Å². The summed E-state index contributed by atoms with van der Waals surface area (Å²) in [6, 6.07) is 5.95. The number of aliphatic carboxylic acids is 1. The molecular formula is C15H19N3O2. The predicted molar refractivity (Wildman–Crippen MR) is 75.4 cm³/mol. The molecule has 0 bridgehead atoms. The number of carboxylic acids is 1. The van der Waals surface area contributed by atoms with Crippen LogP contribution in [0.3, 0.4) is 0 Å². The number of aromatic nitrogens is 2. The highest BCUT2D eigenvalue weighted by atomic mass is 16.4. The maximum absolute atomic E-state index is 11.2. The Hall–Kier alpha value is -1.88. The van der Waals surface area contributed by atoms with E-state index in [2.05, 4.69) is 9.88 Å². The molecule has 3 rings (SSSR count). The lowest BCUT2D eigenvalue weighted by molar-refractivity contribution is -0.150. The van der Waals surface area contributed by atoms with E-state index < -0.39 is 11.4 Å². The molecule has 1 saturated heterocycles. The van der Waals surface area contributed by atoms with Crippen LogP contribution >= 0.6 is 0 Å². The summed E-state index contributed by atoms with van der Waals surface area (Å²) < 4.78 is 2.01. The molecule has 0 radical (unpaired) electrons. The maximum atomic E-state index is 11.2. The maximum Gasteiger partial charge on any atom is 0.309 e. The van der Waals surface area contributed by atoms with Gasteiger partial charge in [-0.25, -0.2) is 4.98 Å². The molecular weight excluding hydrogens is 254 g/mol. The molecule has 1 N–H and O–H groups in total. The van der Waals surface area contributed by atoms with Crippen LogP contribution in [0.1, 0.15) is 25.5 Å². The van der Waals surface area contributed by atoms with Gasteiger partial charge in [0.1, 0.15) is 5.65 Å². The quantitative estimate of drug-likeness (QED) is 0.929. The van der Waals surface area contributed by atoms with E-state index in [1.807, 2.05) is 41.9 Å². The first-order valence-corrected chi connectivity index (χ1v) is 6.95. The molecule has 0 unspecified atom stereocenters. The first-order valence-electron chi connectivity index (χ1n) is 6.95. The number of nitrogens with zero attached hydrogens (tertiary/aromatic N) is 3. The van der Waals surface area contributed by atoms with Gasteiger partial charge in [-0.05, 0) is 45.0 Å². The molecule has 2 aromatic heterocycles. The summed E-state index contributed by atoms with van der Waals surface area (Å²) in [5.74, 6) is -0.676. The molecule has 5 nitrogen and oxygen atoms in total. The number of carbonyl (C=O) groups is 1. The second kappa shape index (κ2) is 4.90. The number of pyridine rings is 1. The van der Waals surface area contributed by atoms with E-state index in [1.165, 1.54) is 0 Å². The molecule has 0 spiro atoms. The minimum Gasteiger partial charge on any atom is -0.481 e. The summed E-state index contributed by atoms with van der Waals surface area (Å²) in [6.45, 7) is 4.27. The van der Waals surface area contributed by atoms with Gasteiger partial charge in [-0.3, -0.25) is 9.69 Å². The molecule has 0 atom stereocenters. The fourth-order valence-electron chi connectivity index (χ4n) is 2.71. The SMILES string of the molecule is CC1(C(=O)O)CCN(Cc2cn3ccccc3n2)CC1. The Morgan fingerprint density at radius 1 is 1.40 bits per heavy atom. The Labute approximate surface area is 117 Å². The Balaban J connectivity index is 1.66. The summed E-state index contributed by atoms with van der Waals surface area (Å²) >= 11 is 0. The molecule has 0 saturated carbocycles. The Morgan fingerprint density at radius 3 is 2.80 bits per heavy atom. The van der Waals surface area contributed by atoms with E-state index in [0.717, 1.165) is 31.0 Å². The lowest BCUT2D eigenvalue weighted by Gasteiger charge is -2.36. The normalized spacial score (nSPS) is 19.2. The molecule has 1 aliphatic heterocycles. The zero-order valence-corrected chi connectivity index (χ0v) is 11.6. The van der Waals surface area contributed by atoms with E-state index in [0.29, 0.717) is 12.8 Å². The third kappa shape index (κ3) is 2.41. The number of piperidine rings is 1. The first kappa shape index (κ1) is 13.1. The van der Waals surface area contributed by atoms with Crippen LogP contribution < -0.4 is 0 Å². The summed E-state index contributed by atoms with van der Waals surface area (Å²) in [5, 5.41) is 9.23. The monoisotopic (exact) mass is 273 g/mol. The van der Waals surface area contributed by atoms with Crippen molar-refractivity contribution in [3.05, 3.63) is 36.3 Å². The van der Waals surface area contributed by atoms with Gasteiger partial charge >= 0.3 is 5.97 Å². The Kier molecular flexibility index (Phi) is 3.22. The smallest absolute Gasteiger partial charge is 0.309 e. The second-order valence-corrected chi connectivity index (χ2v) is 5.84. The summed E-state index contributed by atoms with van der Waals surface area (Å²) in [4.78, 5) is 18.1. The van der Waals surface area contributed by atoms with Gasteiger partial charge in [0.05, 0.1) is 11.1 Å². The van der Waals surface area contributed by atoms with Crippen molar-refractivity contribution in [2.75, 3.05) is 13.1 Å². The molecule has 3 heterocycles. The van der Waals surface area contributed by atoms with Crippen molar-refractivity contribution in [3.8, 4) is 0 Å². The van der Waals surface area contributed by atoms with Crippen molar-refractivity contribution in [1.29, 1.82) is 0 Å². The van der Waals surface area contributed by atoms with Crippen LogP contribution in [0.5, 0.6) is 0 Å². The zero-order valence-electron chi connectivity index (χ0n) is 11.6. The predicted octanol–water partition coefficient (Wildman–Crippen LogP) is 2.02. The van der Waals surface area contributed by atoms with E-state index >= 15 is 0 Å². The number of fused-ring (bicyclic) bond motifs is 1. The topological polar surface area (TPSA) is 57.8 Å². The fraction of sp³-hybridized carbons (Fsp3) is 0.467. The molecule has 5 heteroatoms. The molecule has 1 aliphatic rings. The number of imidazole rings is 1. The lowest BCUT2D eigenvalue weighted by Crippen LogP contribution is -2.42. The number of carboxylic acid groups (broad SMARTS) is 1. The van der Waals surface area contributed by atoms with Crippen molar-refractivity contribution >= 4 is 11.6 Å². The van der Waals surface area contributed by atoms with Gasteiger partial charge in [-0.15, -0.1) is 0 Å². The Morgan fingerprint density at radius 2 is 2.15 bits per heavy atom. The molecule has 2 aromatic rings. The van der Waals surface area contributed by atoms with Gasteiger partial charge in [-0.1, -0.05) is 6.07 Å². The standard InChI is InChI=1S/C15H19N3O2/c1-15(14(19)20)5-8-17(9-6-15)10-12-11-18-7-3-2-4-13(18)16-12/h2-4,7,11H,5-6,8-10H2,1H3,(H,19,20). The van der Waals surface area contributed by atoms with Crippen LogP contribution in [0.2, 0.25) is 0 Å². The summed E-state index contributed by atoms with van der Waals surface area (Å²) in [7, 11) is 0. The molecule has 20 heavy (non-hydrogen) atoms. The average Bonchev–Trinajstić information content (AvgIpc) is 2.83. The van der Waals surface area contributed by atoms with Crippen molar-refractivity contribution < 1.29 is 9.90 Å². The summed E-state index contributed by atoms with van der Waals surface area (Å²) in [6.07, 6.45) is 5.44. The van der Waals surface area contributed by atoms with Crippen molar-refractivity contribution in [2.45, 2.75) is 26.3 Å². The van der Waals surface area contributed by atoms with Crippen molar-refractivity contribution in [3.63, 3.8) is 0 Å². The van der Waals surface area contributed by atoms with E-state index in [9.17, 15) is 9.90 Å². The van der Waals surface area contributed by atoms with E-state index in [4.69, 9.17) is 0 Å². The van der Waals surface area contributed by atoms with Gasteiger partial charge in [0, 0.05) is 18.9 Å². The number of hydrogen-bond acceptors (Lipinski definition) is 3. The van der Waals surface area contributed by atoms with Crippen LogP contribution in [0.4, 0.5) is 0 Å². The van der Waals surface area contributed by atoms with Crippen molar-refractivity contribution in [1.82, 2.24) is 14.3 Å². The lowest BCUT2D eigenvalue weighted by atomic mass is 9.80. The van der Waals surface area contributed by atoms with Crippen LogP contribution in [-0.4, -0.2) is 38.4 Å². The second-order valence-electron chi connectivity index (χ2n) is 5.84. The number of hydrogen-bond donors (Lipinski definition) is 1. The highest BCUT2D eigenvalue weighted by Gasteiger charge is 2.36. The fourth-order valence-corrected chi connectivity index (χ4v) is 2.71. The molecule has 1 fully saturated rings. The van der Waals surface area contributed by atoms with Crippen LogP contribution in [0.25, 0.3) is 5.65 Å². The number of rotatable bonds is 3. The molecule has 0 aliphatic carbocycles. The highest BCUT2D eigenvalue weighted by Crippen LogP contribution is 2.31. The summed E-state index contributed by atoms with van der Waals surface area (Å²) in [5.41, 5.74) is 1.43. The van der Waals surface area contributed by atoms with Crippen LogP contribution in [-0.2, 0) is 11.3 Å². The van der Waals surface area contributed by atoms with Gasteiger partial charge in [-0.2, -0.15) is 0 Å². The molecule has 0 aromatic carbocycles. The minimum absolute atomic E-state index is 0.560. The zero-order chi connectivity index (χ0) is 14.2. The highest BCUT2D eigenvalue weighted by molar-refractivity contribution is 5.74. The van der Waals surface area contributed by atoms with Crippen LogP contribution in [0, 0.1) is 5.41 Å². The largest absolute Gasteiger partial charge is 0.481 e. The van der Waals surface area contributed by atoms with Crippen molar-refractivity contribution in [2.24, 2.45) is 5.41 Å². The van der Waals surface area contributed by atoms with Gasteiger partial charge in [0.2, 0.25) is 0 Å². The van der Waals surface area contributed by atoms with Gasteiger partial charge in [0.15, 0.2) is 0 Å². The van der Waals surface area contributed by atoms with E-state index in [1.54, 1.807) is 0 Å². The van der Waals surface area contributed by atoms with Crippen LogP contribution in [0.15, 0.2) is 30.6 Å². The van der Waals surface area contributed by atoms with Gasteiger partial charge < -0.3 is 9.51 Å². The number of likely N-dealkylation sites (tertiary alicyclic amines) is 1. The minimum atomic E-state index is -0.676. The average molecular weight is 273 g/mol. The molecule has 0 amide bonds. The first-order chi connectivity index (χ1) is 9.57. The Bertz CT molecular complexity index is 594. The van der Waals surface area contributed by atoms with E-state index in [-0.39, 0.29) is 0 Å². The molecule has 106 valence electrons.